The van der Waals surface area contributed by atoms with Crippen LogP contribution in [0.3, 0.4) is 0 Å². The van der Waals surface area contributed by atoms with Crippen LogP contribution in [0, 0.1) is 21.7 Å². The number of halogens is 2. The van der Waals surface area contributed by atoms with E-state index in [1.165, 1.54) is 4.90 Å². The van der Waals surface area contributed by atoms with Crippen LogP contribution in [0.25, 0.3) is 0 Å². The number of carbonyl (C=O) groups excluding carboxylic acids is 1. The van der Waals surface area contributed by atoms with Gasteiger partial charge < -0.3 is 4.90 Å². The molecule has 1 atom stereocenters. The number of carbonyl (C=O) groups is 1. The molecule has 1 aliphatic rings. The second kappa shape index (κ2) is 4.91. The minimum Gasteiger partial charge on any atom is -0.336 e. The van der Waals surface area contributed by atoms with Crippen LogP contribution in [0.1, 0.15) is 30.1 Å². The van der Waals surface area contributed by atoms with Gasteiger partial charge in [0.05, 0.1) is 11.0 Å². The second-order valence-electron chi connectivity index (χ2n) is 4.53. The van der Waals surface area contributed by atoms with E-state index in [0.29, 0.717) is 18.7 Å². The molecule has 1 aromatic carbocycles. The van der Waals surface area contributed by atoms with Crippen molar-refractivity contribution in [3.8, 4) is 0 Å². The minimum atomic E-state index is -1.34. The van der Waals surface area contributed by atoms with E-state index in [1.807, 2.05) is 6.92 Å². The van der Waals surface area contributed by atoms with Crippen molar-refractivity contribution in [2.45, 2.75) is 25.8 Å². The lowest BCUT2D eigenvalue weighted by molar-refractivity contribution is -0.385. The van der Waals surface area contributed by atoms with Gasteiger partial charge in [0.15, 0.2) is 11.6 Å². The van der Waals surface area contributed by atoms with E-state index in [4.69, 9.17) is 0 Å². The standard InChI is InChI=1S/C12H12F2N2O3/c1-7-3-2-4-15(7)12(17)8-5-9(13)10(14)6-11(8)16(18)19/h5-7H,2-4H2,1H3. The van der Waals surface area contributed by atoms with E-state index >= 15 is 0 Å². The molecule has 0 spiro atoms. The van der Waals surface area contributed by atoms with Crippen LogP contribution in [0.4, 0.5) is 14.5 Å². The zero-order valence-corrected chi connectivity index (χ0v) is 10.2. The van der Waals surface area contributed by atoms with E-state index in [-0.39, 0.29) is 6.04 Å². The summed E-state index contributed by atoms with van der Waals surface area (Å²) in [5.41, 5.74) is -1.11. The fourth-order valence-corrected chi connectivity index (χ4v) is 2.25. The van der Waals surface area contributed by atoms with Gasteiger partial charge in [0.25, 0.3) is 11.6 Å². The summed E-state index contributed by atoms with van der Waals surface area (Å²) in [5, 5.41) is 10.8. The fraction of sp³-hybridized carbons (Fsp3) is 0.417. The van der Waals surface area contributed by atoms with Crippen LogP contribution in [-0.2, 0) is 0 Å². The lowest BCUT2D eigenvalue weighted by Gasteiger charge is -2.21. The molecule has 0 aromatic heterocycles. The number of rotatable bonds is 2. The van der Waals surface area contributed by atoms with Gasteiger partial charge in [0.2, 0.25) is 0 Å². The smallest absolute Gasteiger partial charge is 0.285 e. The third-order valence-corrected chi connectivity index (χ3v) is 3.28. The predicted octanol–water partition coefficient (Wildman–Crippen LogP) is 2.50. The number of nitro groups is 1. The molecule has 2 rings (SSSR count). The predicted molar refractivity (Wildman–Crippen MR) is 62.7 cm³/mol. The van der Waals surface area contributed by atoms with Crippen LogP contribution in [0.15, 0.2) is 12.1 Å². The van der Waals surface area contributed by atoms with Crippen LogP contribution in [-0.4, -0.2) is 28.3 Å². The Hall–Kier alpha value is -2.05. The Morgan fingerprint density at radius 2 is 2.05 bits per heavy atom. The van der Waals surface area contributed by atoms with Crippen molar-refractivity contribution in [1.29, 1.82) is 0 Å². The molecule has 1 aliphatic heterocycles. The van der Waals surface area contributed by atoms with Crippen molar-refractivity contribution in [1.82, 2.24) is 4.90 Å². The van der Waals surface area contributed by atoms with Gasteiger partial charge in [-0.05, 0) is 25.8 Å². The lowest BCUT2D eigenvalue weighted by Crippen LogP contribution is -2.34. The topological polar surface area (TPSA) is 63.5 Å². The van der Waals surface area contributed by atoms with Gasteiger partial charge in [0, 0.05) is 12.6 Å². The zero-order valence-electron chi connectivity index (χ0n) is 10.2. The number of hydrogen-bond acceptors (Lipinski definition) is 3. The van der Waals surface area contributed by atoms with Crippen molar-refractivity contribution in [2.24, 2.45) is 0 Å². The monoisotopic (exact) mass is 270 g/mol. The summed E-state index contributed by atoms with van der Waals surface area (Å²) in [5.74, 6) is -3.23. The maximum absolute atomic E-state index is 13.2. The Labute approximate surface area is 108 Å². The van der Waals surface area contributed by atoms with Crippen LogP contribution in [0.5, 0.6) is 0 Å². The average Bonchev–Trinajstić information content (AvgIpc) is 2.77. The number of amides is 1. The van der Waals surface area contributed by atoms with Crippen molar-refractivity contribution in [3.63, 3.8) is 0 Å². The molecule has 0 N–H and O–H groups in total. The maximum Gasteiger partial charge on any atom is 0.285 e. The van der Waals surface area contributed by atoms with Gasteiger partial charge >= 0.3 is 0 Å². The van der Waals surface area contributed by atoms with Gasteiger partial charge in [-0.3, -0.25) is 14.9 Å². The molecule has 1 amide bonds. The summed E-state index contributed by atoms with van der Waals surface area (Å²) in [6.07, 6.45) is 1.59. The third kappa shape index (κ3) is 2.40. The molecule has 1 heterocycles. The number of likely N-dealkylation sites (tertiary alicyclic amines) is 1. The Morgan fingerprint density at radius 3 is 2.58 bits per heavy atom. The van der Waals surface area contributed by atoms with Gasteiger partial charge in [-0.25, -0.2) is 8.78 Å². The molecule has 19 heavy (non-hydrogen) atoms. The highest BCUT2D eigenvalue weighted by molar-refractivity contribution is 5.98. The lowest BCUT2D eigenvalue weighted by atomic mass is 10.1. The highest BCUT2D eigenvalue weighted by atomic mass is 19.2. The largest absolute Gasteiger partial charge is 0.336 e. The Kier molecular flexibility index (Phi) is 3.46. The SMILES string of the molecule is CC1CCCN1C(=O)c1cc(F)c(F)cc1[N+](=O)[O-]. The summed E-state index contributed by atoms with van der Waals surface area (Å²) < 4.78 is 26.2. The number of hydrogen-bond donors (Lipinski definition) is 0. The fourth-order valence-electron chi connectivity index (χ4n) is 2.25. The summed E-state index contributed by atoms with van der Waals surface area (Å²) in [6.45, 7) is 2.28. The first-order chi connectivity index (χ1) is 8.91. The Bertz CT molecular complexity index is 548. The maximum atomic E-state index is 13.2. The minimum absolute atomic E-state index is 0.0554. The molecule has 0 radical (unpaired) electrons. The van der Waals surface area contributed by atoms with Crippen LogP contribution in [0.2, 0.25) is 0 Å². The molecule has 0 aliphatic carbocycles. The number of nitro benzene ring substituents is 1. The van der Waals surface area contributed by atoms with Gasteiger partial charge in [0.1, 0.15) is 5.56 Å². The molecule has 0 bridgehead atoms. The molecule has 1 unspecified atom stereocenters. The number of nitrogens with zero attached hydrogens (tertiary/aromatic N) is 2. The molecular formula is C12H12F2N2O3. The first-order valence-corrected chi connectivity index (χ1v) is 5.86. The summed E-state index contributed by atoms with van der Waals surface area (Å²) in [7, 11) is 0. The third-order valence-electron chi connectivity index (χ3n) is 3.28. The molecule has 1 aromatic rings. The van der Waals surface area contributed by atoms with Crippen LogP contribution < -0.4 is 0 Å². The van der Waals surface area contributed by atoms with Gasteiger partial charge in [-0.15, -0.1) is 0 Å². The summed E-state index contributed by atoms with van der Waals surface area (Å²) in [4.78, 5) is 23.6. The van der Waals surface area contributed by atoms with Crippen molar-refractivity contribution in [2.75, 3.05) is 6.54 Å². The van der Waals surface area contributed by atoms with Gasteiger partial charge in [-0.1, -0.05) is 0 Å². The van der Waals surface area contributed by atoms with Crippen molar-refractivity contribution in [3.05, 3.63) is 39.4 Å². The first kappa shape index (κ1) is 13.4. The zero-order chi connectivity index (χ0) is 14.2. The molecule has 102 valence electrons. The highest BCUT2D eigenvalue weighted by Crippen LogP contribution is 2.27. The summed E-state index contributed by atoms with van der Waals surface area (Å²) >= 11 is 0. The molecule has 1 fully saturated rings. The molecular weight excluding hydrogens is 258 g/mol. The van der Waals surface area contributed by atoms with E-state index in [9.17, 15) is 23.7 Å². The Balaban J connectivity index is 2.46. The molecule has 7 heteroatoms. The first-order valence-electron chi connectivity index (χ1n) is 5.86. The normalized spacial score (nSPS) is 18.7. The van der Waals surface area contributed by atoms with Crippen molar-refractivity contribution >= 4 is 11.6 Å². The second-order valence-corrected chi connectivity index (χ2v) is 4.53. The van der Waals surface area contributed by atoms with E-state index in [2.05, 4.69) is 0 Å². The molecule has 0 saturated carbocycles. The van der Waals surface area contributed by atoms with Gasteiger partial charge in [-0.2, -0.15) is 0 Å². The molecule has 1 saturated heterocycles. The van der Waals surface area contributed by atoms with E-state index < -0.39 is 33.7 Å². The van der Waals surface area contributed by atoms with Crippen molar-refractivity contribution < 1.29 is 18.5 Å². The highest BCUT2D eigenvalue weighted by Gasteiger charge is 2.31. The van der Waals surface area contributed by atoms with E-state index in [1.54, 1.807) is 0 Å². The number of benzene rings is 1. The quantitative estimate of drug-likeness (QED) is 0.612. The molecule has 5 nitrogen and oxygen atoms in total. The van der Waals surface area contributed by atoms with Crippen LogP contribution >= 0.6 is 0 Å². The summed E-state index contributed by atoms with van der Waals surface area (Å²) in [6, 6.07) is 0.990. The Morgan fingerprint density at radius 1 is 1.42 bits per heavy atom. The average molecular weight is 270 g/mol. The van der Waals surface area contributed by atoms with E-state index in [0.717, 1.165) is 12.8 Å².